The summed E-state index contributed by atoms with van der Waals surface area (Å²) in [7, 11) is 0. The van der Waals surface area contributed by atoms with E-state index in [1.54, 1.807) is 18.3 Å². The van der Waals surface area contributed by atoms with Crippen LogP contribution in [0.2, 0.25) is 5.02 Å². The second-order valence-corrected chi connectivity index (χ2v) is 4.84. The van der Waals surface area contributed by atoms with Gasteiger partial charge in [0.15, 0.2) is 0 Å². The fourth-order valence-electron chi connectivity index (χ4n) is 1.84. The summed E-state index contributed by atoms with van der Waals surface area (Å²) in [4.78, 5) is 16.3. The maximum absolute atomic E-state index is 12.1. The average molecular weight is 308 g/mol. The van der Waals surface area contributed by atoms with E-state index >= 15 is 0 Å². The highest BCUT2D eigenvalue weighted by atomic mass is 35.5. The van der Waals surface area contributed by atoms with Crippen LogP contribution in [-0.2, 0) is 6.54 Å². The molecule has 2 heterocycles. The number of hydrogen-bond acceptors (Lipinski definition) is 4. The summed E-state index contributed by atoms with van der Waals surface area (Å²) in [5.74, 6) is 0.379. The number of carbonyl (C=O) groups excluding carboxylic acids is 1. The lowest BCUT2D eigenvalue weighted by Gasteiger charge is -2.08. The summed E-state index contributed by atoms with van der Waals surface area (Å²) >= 11 is 6.02. The van der Waals surface area contributed by atoms with Gasteiger partial charge in [0.2, 0.25) is 0 Å². The Morgan fingerprint density at radius 3 is 3.00 bits per heavy atom. The molecule has 0 bridgehead atoms. The van der Waals surface area contributed by atoms with Crippen LogP contribution < -0.4 is 10.6 Å². The van der Waals surface area contributed by atoms with Crippen LogP contribution in [0.5, 0.6) is 0 Å². The Bertz CT molecular complexity index is 585. The van der Waals surface area contributed by atoms with Crippen LogP contribution in [0.25, 0.3) is 0 Å². The van der Waals surface area contributed by atoms with Gasteiger partial charge in [0.1, 0.15) is 11.5 Å². The molecule has 2 aromatic heterocycles. The molecule has 112 valence electrons. The second-order valence-electron chi connectivity index (χ2n) is 4.44. The molecular weight excluding hydrogens is 290 g/mol. The highest BCUT2D eigenvalue weighted by Gasteiger charge is 2.12. The number of aromatic nitrogens is 3. The molecule has 0 saturated carbocycles. The fourth-order valence-corrected chi connectivity index (χ4v) is 2.03. The van der Waals surface area contributed by atoms with Gasteiger partial charge < -0.3 is 10.6 Å². The van der Waals surface area contributed by atoms with Crippen LogP contribution in [0.1, 0.15) is 23.8 Å². The first-order valence-corrected chi connectivity index (χ1v) is 7.24. The first-order chi connectivity index (χ1) is 10.2. The Balaban J connectivity index is 1.86. The van der Waals surface area contributed by atoms with Crippen molar-refractivity contribution >= 4 is 23.3 Å². The van der Waals surface area contributed by atoms with Crippen molar-refractivity contribution in [1.29, 1.82) is 0 Å². The lowest BCUT2D eigenvalue weighted by Crippen LogP contribution is -2.26. The monoisotopic (exact) mass is 307 g/mol. The van der Waals surface area contributed by atoms with E-state index in [4.69, 9.17) is 11.6 Å². The number of amides is 1. The van der Waals surface area contributed by atoms with Gasteiger partial charge in [-0.2, -0.15) is 5.10 Å². The van der Waals surface area contributed by atoms with Crippen molar-refractivity contribution < 1.29 is 4.79 Å². The Kier molecular flexibility index (Phi) is 5.57. The zero-order valence-electron chi connectivity index (χ0n) is 11.8. The van der Waals surface area contributed by atoms with Crippen molar-refractivity contribution in [3.63, 3.8) is 0 Å². The van der Waals surface area contributed by atoms with Crippen LogP contribution in [0, 0.1) is 0 Å². The number of halogens is 1. The smallest absolute Gasteiger partial charge is 0.271 e. The van der Waals surface area contributed by atoms with Crippen molar-refractivity contribution in [3.8, 4) is 0 Å². The predicted octanol–water partition coefficient (Wildman–Crippen LogP) is 2.18. The quantitative estimate of drug-likeness (QED) is 0.769. The molecule has 0 atom stereocenters. The number of carbonyl (C=O) groups is 1. The average Bonchev–Trinajstić information content (AvgIpc) is 2.99. The van der Waals surface area contributed by atoms with Crippen LogP contribution in [-0.4, -0.2) is 33.8 Å². The van der Waals surface area contributed by atoms with Crippen molar-refractivity contribution in [3.05, 3.63) is 41.3 Å². The summed E-state index contributed by atoms with van der Waals surface area (Å²) in [6.07, 6.45) is 4.41. The van der Waals surface area contributed by atoms with Gasteiger partial charge in [0.25, 0.3) is 5.91 Å². The third-order valence-corrected chi connectivity index (χ3v) is 3.13. The Hall–Kier alpha value is -2.08. The molecule has 21 heavy (non-hydrogen) atoms. The molecular formula is C14H18ClN5O. The highest BCUT2D eigenvalue weighted by Crippen LogP contribution is 2.16. The topological polar surface area (TPSA) is 71.8 Å². The number of nitrogens with one attached hydrogen (secondary N) is 2. The van der Waals surface area contributed by atoms with Crippen molar-refractivity contribution in [2.75, 3.05) is 18.4 Å². The van der Waals surface area contributed by atoms with E-state index < -0.39 is 0 Å². The first kappa shape index (κ1) is 15.3. The zero-order chi connectivity index (χ0) is 15.1. The molecule has 0 saturated heterocycles. The maximum Gasteiger partial charge on any atom is 0.271 e. The van der Waals surface area contributed by atoms with E-state index in [2.05, 4.69) is 20.7 Å². The van der Waals surface area contributed by atoms with E-state index in [1.807, 2.05) is 23.9 Å². The molecule has 6 nitrogen and oxygen atoms in total. The van der Waals surface area contributed by atoms with E-state index in [-0.39, 0.29) is 11.6 Å². The van der Waals surface area contributed by atoms with Gasteiger partial charge in [-0.05, 0) is 31.5 Å². The molecule has 0 radical (unpaired) electrons. The molecule has 0 aliphatic heterocycles. The summed E-state index contributed by atoms with van der Waals surface area (Å²) in [6, 6.07) is 5.29. The maximum atomic E-state index is 12.1. The second kappa shape index (κ2) is 7.64. The number of nitrogens with zero attached hydrogens (tertiary/aromatic N) is 3. The van der Waals surface area contributed by atoms with E-state index in [0.717, 1.165) is 19.5 Å². The fraction of sp³-hybridized carbons (Fsp3) is 0.357. The molecule has 1 amide bonds. The lowest BCUT2D eigenvalue weighted by molar-refractivity contribution is 0.0948. The summed E-state index contributed by atoms with van der Waals surface area (Å²) < 4.78 is 1.82. The van der Waals surface area contributed by atoms with Crippen LogP contribution >= 0.6 is 11.6 Å². The zero-order valence-corrected chi connectivity index (χ0v) is 12.6. The van der Waals surface area contributed by atoms with Crippen molar-refractivity contribution in [2.24, 2.45) is 0 Å². The molecule has 0 aromatic carbocycles. The molecule has 0 aliphatic rings. The minimum Gasteiger partial charge on any atom is -0.370 e. The summed E-state index contributed by atoms with van der Waals surface area (Å²) in [5, 5.41) is 10.3. The highest BCUT2D eigenvalue weighted by molar-refractivity contribution is 6.33. The third kappa shape index (κ3) is 4.46. The van der Waals surface area contributed by atoms with Crippen molar-refractivity contribution in [1.82, 2.24) is 20.1 Å². The molecule has 0 fully saturated rings. The molecule has 2 aromatic rings. The van der Waals surface area contributed by atoms with Crippen molar-refractivity contribution in [2.45, 2.75) is 19.9 Å². The third-order valence-electron chi connectivity index (χ3n) is 2.83. The number of hydrogen-bond donors (Lipinski definition) is 2. The van der Waals surface area contributed by atoms with Gasteiger partial charge in [-0.15, -0.1) is 0 Å². The van der Waals surface area contributed by atoms with E-state index in [0.29, 0.717) is 17.4 Å². The van der Waals surface area contributed by atoms with Crippen LogP contribution in [0.3, 0.4) is 0 Å². The van der Waals surface area contributed by atoms with Gasteiger partial charge in [0.05, 0.1) is 5.02 Å². The molecule has 0 unspecified atom stereocenters. The molecule has 2 N–H and O–H groups in total. The number of aryl methyl sites for hydroxylation is 1. The summed E-state index contributed by atoms with van der Waals surface area (Å²) in [5.41, 5.74) is 0.245. The normalized spacial score (nSPS) is 10.4. The van der Waals surface area contributed by atoms with E-state index in [1.165, 1.54) is 0 Å². The van der Waals surface area contributed by atoms with Crippen LogP contribution in [0.15, 0.2) is 30.6 Å². The van der Waals surface area contributed by atoms with Crippen LogP contribution in [0.4, 0.5) is 5.82 Å². The van der Waals surface area contributed by atoms with Gasteiger partial charge in [-0.25, -0.2) is 4.98 Å². The first-order valence-electron chi connectivity index (χ1n) is 6.86. The van der Waals surface area contributed by atoms with Gasteiger partial charge in [-0.1, -0.05) is 11.6 Å². The Morgan fingerprint density at radius 1 is 1.43 bits per heavy atom. The SMILES string of the molecule is CCNc1ccc(Cl)c(C(=O)NCCCn2cccn2)n1. The number of anilines is 1. The largest absolute Gasteiger partial charge is 0.370 e. The Labute approximate surface area is 128 Å². The summed E-state index contributed by atoms with van der Waals surface area (Å²) in [6.45, 7) is 4.00. The minimum atomic E-state index is -0.264. The molecule has 7 heteroatoms. The van der Waals surface area contributed by atoms with E-state index in [9.17, 15) is 4.79 Å². The van der Waals surface area contributed by atoms with Gasteiger partial charge in [-0.3, -0.25) is 9.48 Å². The number of rotatable bonds is 7. The van der Waals surface area contributed by atoms with Gasteiger partial charge >= 0.3 is 0 Å². The Morgan fingerprint density at radius 2 is 2.29 bits per heavy atom. The lowest BCUT2D eigenvalue weighted by atomic mass is 10.3. The molecule has 0 spiro atoms. The van der Waals surface area contributed by atoms with Gasteiger partial charge in [0, 0.05) is 32.0 Å². The standard InChI is InChI=1S/C14H18ClN5O/c1-2-16-12-6-5-11(15)13(19-12)14(21)17-7-3-9-20-10-4-8-18-20/h4-6,8,10H,2-3,7,9H2,1H3,(H,16,19)(H,17,21). The molecule has 0 aliphatic carbocycles. The molecule has 2 rings (SSSR count). The number of pyridine rings is 1. The predicted molar refractivity (Wildman–Crippen MR) is 82.6 cm³/mol. The minimum absolute atomic E-state index is 0.245.